The number of fused-ring (bicyclic) bond motifs is 1. The fraction of sp³-hybridized carbons (Fsp3) is 0.400. The van der Waals surface area contributed by atoms with Crippen LogP contribution in [0.5, 0.6) is 11.5 Å². The minimum absolute atomic E-state index is 0.00332. The molecule has 2 heterocycles. The van der Waals surface area contributed by atoms with E-state index in [-0.39, 0.29) is 6.10 Å². The zero-order valence-corrected chi connectivity index (χ0v) is 21.1. The third kappa shape index (κ3) is 5.37. The lowest BCUT2D eigenvalue weighted by Gasteiger charge is -2.40. The number of rotatable bonds is 7. The van der Waals surface area contributed by atoms with Crippen molar-refractivity contribution in [3.63, 3.8) is 0 Å². The summed E-state index contributed by atoms with van der Waals surface area (Å²) >= 11 is 0. The summed E-state index contributed by atoms with van der Waals surface area (Å²) < 4.78 is 17.8. The van der Waals surface area contributed by atoms with Crippen LogP contribution in [0.2, 0.25) is 0 Å². The molecule has 196 valence electrons. The van der Waals surface area contributed by atoms with Gasteiger partial charge in [-0.2, -0.15) is 0 Å². The van der Waals surface area contributed by atoms with Gasteiger partial charge in [-0.05, 0) is 65.8 Å². The molecule has 0 saturated carbocycles. The Morgan fingerprint density at radius 3 is 2.41 bits per heavy atom. The van der Waals surface area contributed by atoms with E-state index in [1.165, 1.54) is 5.56 Å². The van der Waals surface area contributed by atoms with Gasteiger partial charge in [0, 0.05) is 6.42 Å². The van der Waals surface area contributed by atoms with Crippen LogP contribution < -0.4 is 9.47 Å². The van der Waals surface area contributed by atoms with Crippen molar-refractivity contribution in [2.75, 3.05) is 13.2 Å². The lowest BCUT2D eigenvalue weighted by molar-refractivity contribution is -0.231. The van der Waals surface area contributed by atoms with Crippen molar-refractivity contribution in [1.82, 2.24) is 0 Å². The van der Waals surface area contributed by atoms with Gasteiger partial charge in [0.25, 0.3) is 0 Å². The van der Waals surface area contributed by atoms with Gasteiger partial charge in [-0.15, -0.1) is 0 Å². The first-order valence-electron chi connectivity index (χ1n) is 12.7. The van der Waals surface area contributed by atoms with Crippen molar-refractivity contribution in [3.05, 3.63) is 94.0 Å². The second kappa shape index (κ2) is 10.8. The van der Waals surface area contributed by atoms with Crippen molar-refractivity contribution < 1.29 is 34.6 Å². The lowest BCUT2D eigenvalue weighted by atomic mass is 9.89. The summed E-state index contributed by atoms with van der Waals surface area (Å²) in [5.74, 6) is 1.76. The molecule has 5 rings (SSSR count). The molecule has 0 aromatic heterocycles. The first kappa shape index (κ1) is 25.7. The molecule has 1 unspecified atom stereocenters. The quantitative estimate of drug-likeness (QED) is 0.390. The van der Waals surface area contributed by atoms with Gasteiger partial charge in [0.2, 0.25) is 0 Å². The highest BCUT2D eigenvalue weighted by molar-refractivity contribution is 5.44. The number of hydrogen-bond donors (Lipinski definition) is 4. The molecule has 0 bridgehead atoms. The number of hydrogen-bond acceptors (Lipinski definition) is 7. The van der Waals surface area contributed by atoms with Crippen LogP contribution in [-0.2, 0) is 17.6 Å². The van der Waals surface area contributed by atoms with Gasteiger partial charge in [0.15, 0.2) is 0 Å². The normalized spacial score (nSPS) is 27.0. The highest BCUT2D eigenvalue weighted by Gasteiger charge is 2.44. The predicted octanol–water partition coefficient (Wildman–Crippen LogP) is 2.79. The van der Waals surface area contributed by atoms with E-state index in [1.54, 1.807) is 0 Å². The minimum Gasteiger partial charge on any atom is -0.490 e. The van der Waals surface area contributed by atoms with Crippen molar-refractivity contribution in [2.45, 2.75) is 63.3 Å². The maximum absolute atomic E-state index is 10.5. The highest BCUT2D eigenvalue weighted by Crippen LogP contribution is 2.34. The summed E-state index contributed by atoms with van der Waals surface area (Å²) in [6.45, 7) is 4.11. The van der Waals surface area contributed by atoms with Gasteiger partial charge in [0.1, 0.15) is 54.7 Å². The average Bonchev–Trinajstić information content (AvgIpc) is 3.33. The summed E-state index contributed by atoms with van der Waals surface area (Å²) in [6, 6.07) is 19.9. The van der Waals surface area contributed by atoms with Gasteiger partial charge in [0.05, 0.1) is 6.61 Å². The molecule has 1 saturated heterocycles. The van der Waals surface area contributed by atoms with Crippen LogP contribution in [0, 0.1) is 13.8 Å². The number of aliphatic hydroxyl groups excluding tert-OH is 4. The smallest absolute Gasteiger partial charge is 0.137 e. The molecule has 3 aromatic rings. The van der Waals surface area contributed by atoms with Gasteiger partial charge >= 0.3 is 0 Å². The molecular weight excluding hydrogens is 472 g/mol. The third-order valence-electron chi connectivity index (χ3n) is 7.37. The zero-order valence-electron chi connectivity index (χ0n) is 21.1. The monoisotopic (exact) mass is 506 g/mol. The fourth-order valence-corrected chi connectivity index (χ4v) is 5.14. The third-order valence-corrected chi connectivity index (χ3v) is 7.37. The Kier molecular flexibility index (Phi) is 7.51. The topological polar surface area (TPSA) is 109 Å². The molecule has 0 spiro atoms. The SMILES string of the molecule is Cc1ccc([C@@H]2O[C@H](CO)[C@@H](O)[C@H](O)[C@H]2O)cc1Cc1ccc(OCC2Cc3cccc(C)c3O2)cc1. The van der Waals surface area contributed by atoms with Crippen LogP contribution in [0.3, 0.4) is 0 Å². The molecule has 4 N–H and O–H groups in total. The van der Waals surface area contributed by atoms with E-state index < -0.39 is 37.1 Å². The molecule has 2 aliphatic heterocycles. The summed E-state index contributed by atoms with van der Waals surface area (Å²) in [4.78, 5) is 0. The Morgan fingerprint density at radius 1 is 0.892 bits per heavy atom. The fourth-order valence-electron chi connectivity index (χ4n) is 5.14. The number of aryl methyl sites for hydroxylation is 2. The van der Waals surface area contributed by atoms with Crippen molar-refractivity contribution in [2.24, 2.45) is 0 Å². The molecule has 2 aliphatic rings. The van der Waals surface area contributed by atoms with Gasteiger partial charge in [-0.1, -0.05) is 48.5 Å². The van der Waals surface area contributed by atoms with Crippen LogP contribution in [-0.4, -0.2) is 64.2 Å². The van der Waals surface area contributed by atoms with E-state index >= 15 is 0 Å². The van der Waals surface area contributed by atoms with E-state index in [9.17, 15) is 20.4 Å². The lowest BCUT2D eigenvalue weighted by Crippen LogP contribution is -2.55. The summed E-state index contributed by atoms with van der Waals surface area (Å²) in [5, 5.41) is 40.3. The van der Waals surface area contributed by atoms with E-state index in [2.05, 4.69) is 25.1 Å². The Morgan fingerprint density at radius 2 is 1.68 bits per heavy atom. The molecule has 0 radical (unpaired) electrons. The summed E-state index contributed by atoms with van der Waals surface area (Å²) in [5.41, 5.74) is 6.30. The Bertz CT molecular complexity index is 1220. The summed E-state index contributed by atoms with van der Waals surface area (Å²) in [7, 11) is 0. The Balaban J connectivity index is 1.22. The van der Waals surface area contributed by atoms with E-state index in [4.69, 9.17) is 14.2 Å². The molecule has 0 amide bonds. The Hall–Kier alpha value is -2.94. The maximum atomic E-state index is 10.5. The first-order valence-corrected chi connectivity index (χ1v) is 12.7. The van der Waals surface area contributed by atoms with Gasteiger partial charge < -0.3 is 34.6 Å². The number of aliphatic hydroxyl groups is 4. The second-order valence-corrected chi connectivity index (χ2v) is 10.1. The highest BCUT2D eigenvalue weighted by atomic mass is 16.5. The number of ether oxygens (including phenoxy) is 3. The van der Waals surface area contributed by atoms with E-state index in [1.807, 2.05) is 49.4 Å². The second-order valence-electron chi connectivity index (χ2n) is 10.1. The zero-order chi connectivity index (χ0) is 26.1. The molecule has 6 atom stereocenters. The van der Waals surface area contributed by atoms with E-state index in [0.29, 0.717) is 18.6 Å². The Labute approximate surface area is 216 Å². The average molecular weight is 507 g/mol. The van der Waals surface area contributed by atoms with Crippen LogP contribution in [0.15, 0.2) is 60.7 Å². The van der Waals surface area contributed by atoms with Crippen molar-refractivity contribution in [1.29, 1.82) is 0 Å². The number of para-hydroxylation sites is 1. The largest absolute Gasteiger partial charge is 0.490 e. The molecule has 7 nitrogen and oxygen atoms in total. The molecule has 37 heavy (non-hydrogen) atoms. The maximum Gasteiger partial charge on any atom is 0.137 e. The molecule has 0 aliphatic carbocycles. The molecule has 3 aromatic carbocycles. The van der Waals surface area contributed by atoms with Crippen LogP contribution in [0.25, 0.3) is 0 Å². The van der Waals surface area contributed by atoms with Crippen LogP contribution in [0.1, 0.15) is 39.5 Å². The molecular formula is C30H34O7. The van der Waals surface area contributed by atoms with Crippen molar-refractivity contribution in [3.8, 4) is 11.5 Å². The van der Waals surface area contributed by atoms with Crippen LogP contribution >= 0.6 is 0 Å². The predicted molar refractivity (Wildman–Crippen MR) is 138 cm³/mol. The standard InChI is InChI=1S/C30H34O7/c1-17-6-9-21(30-28(34)27(33)26(32)25(15-31)37-30)13-22(17)12-19-7-10-23(11-8-19)35-16-24-14-20-5-3-4-18(2)29(20)36-24/h3-11,13,24-28,30-34H,12,14-16H2,1-2H3/t24?,25-,26-,27+,28-,30+/m1/s1. The van der Waals surface area contributed by atoms with Gasteiger partial charge in [-0.25, -0.2) is 0 Å². The number of benzene rings is 3. The first-order chi connectivity index (χ1) is 17.8. The van der Waals surface area contributed by atoms with Crippen LogP contribution in [0.4, 0.5) is 0 Å². The molecule has 1 fully saturated rings. The van der Waals surface area contributed by atoms with E-state index in [0.717, 1.165) is 40.2 Å². The van der Waals surface area contributed by atoms with Gasteiger partial charge in [-0.3, -0.25) is 0 Å². The van der Waals surface area contributed by atoms with Crippen molar-refractivity contribution >= 4 is 0 Å². The minimum atomic E-state index is -1.40. The molecule has 7 heteroatoms. The summed E-state index contributed by atoms with van der Waals surface area (Å²) in [6.07, 6.45) is -4.35.